The third-order valence-corrected chi connectivity index (χ3v) is 3.59. The van der Waals surface area contributed by atoms with Gasteiger partial charge in [0.2, 0.25) is 0 Å². The number of anilines is 1. The zero-order valence-electron chi connectivity index (χ0n) is 12.5. The lowest BCUT2D eigenvalue weighted by Gasteiger charge is -2.12. The van der Waals surface area contributed by atoms with Gasteiger partial charge in [-0.15, -0.1) is 0 Å². The summed E-state index contributed by atoms with van der Waals surface area (Å²) in [5, 5.41) is 19.6. The summed E-state index contributed by atoms with van der Waals surface area (Å²) in [4.78, 5) is 11.9. The molecule has 3 rings (SSSR count). The molecule has 0 aliphatic rings. The average molecular weight is 347 g/mol. The Labute approximate surface area is 142 Å². The molecule has 0 saturated carbocycles. The lowest BCUT2D eigenvalue weighted by atomic mass is 10.2. The van der Waals surface area contributed by atoms with Gasteiger partial charge in [0.1, 0.15) is 11.9 Å². The van der Waals surface area contributed by atoms with Gasteiger partial charge in [-0.1, -0.05) is 11.6 Å². The molecule has 0 bridgehead atoms. The van der Waals surface area contributed by atoms with E-state index in [2.05, 4.69) is 15.7 Å². The van der Waals surface area contributed by atoms with Crippen molar-refractivity contribution < 1.29 is 14.3 Å². The maximum Gasteiger partial charge on any atom is 0.319 e. The predicted octanol–water partition coefficient (Wildman–Crippen LogP) is 2.97. The molecule has 1 aromatic carbocycles. The summed E-state index contributed by atoms with van der Waals surface area (Å²) in [7, 11) is 0. The van der Waals surface area contributed by atoms with E-state index in [-0.39, 0.29) is 6.54 Å². The summed E-state index contributed by atoms with van der Waals surface area (Å²) < 4.78 is 6.69. The smallest absolute Gasteiger partial charge is 0.319 e. The summed E-state index contributed by atoms with van der Waals surface area (Å²) in [6, 6.07) is 9.73. The fourth-order valence-electron chi connectivity index (χ4n) is 2.13. The van der Waals surface area contributed by atoms with Gasteiger partial charge in [0.05, 0.1) is 23.5 Å². The van der Waals surface area contributed by atoms with Crippen LogP contribution in [0, 0.1) is 0 Å². The van der Waals surface area contributed by atoms with Gasteiger partial charge in [0.15, 0.2) is 0 Å². The second-order valence-electron chi connectivity index (χ2n) is 4.98. The molecule has 24 heavy (non-hydrogen) atoms. The van der Waals surface area contributed by atoms with Crippen molar-refractivity contribution >= 4 is 23.3 Å². The van der Waals surface area contributed by atoms with E-state index >= 15 is 0 Å². The minimum Gasteiger partial charge on any atom is -0.467 e. The van der Waals surface area contributed by atoms with E-state index < -0.39 is 12.1 Å². The van der Waals surface area contributed by atoms with Gasteiger partial charge in [0, 0.05) is 18.1 Å². The van der Waals surface area contributed by atoms with E-state index in [1.807, 2.05) is 0 Å². The first-order valence-corrected chi connectivity index (χ1v) is 7.57. The summed E-state index contributed by atoms with van der Waals surface area (Å²) in [5.41, 5.74) is 1.24. The van der Waals surface area contributed by atoms with E-state index in [0.717, 1.165) is 0 Å². The third-order valence-electron chi connectivity index (χ3n) is 3.28. The molecular formula is C16H15ClN4O3. The van der Waals surface area contributed by atoms with Crippen LogP contribution in [0.2, 0.25) is 5.02 Å². The maximum atomic E-state index is 11.9. The summed E-state index contributed by atoms with van der Waals surface area (Å²) in [6.07, 6.45) is 3.98. The van der Waals surface area contributed by atoms with Crippen LogP contribution in [-0.2, 0) is 0 Å². The Morgan fingerprint density at radius 3 is 2.92 bits per heavy atom. The number of hydrogen-bond donors (Lipinski definition) is 3. The Balaban J connectivity index is 1.57. The van der Waals surface area contributed by atoms with Gasteiger partial charge < -0.3 is 20.2 Å². The molecule has 3 aromatic rings. The fraction of sp³-hybridized carbons (Fsp3) is 0.125. The molecule has 7 nitrogen and oxygen atoms in total. The van der Waals surface area contributed by atoms with Gasteiger partial charge in [-0.2, -0.15) is 5.10 Å². The summed E-state index contributed by atoms with van der Waals surface area (Å²) in [6.45, 7) is 0.0262. The van der Waals surface area contributed by atoms with Gasteiger partial charge in [-0.25, -0.2) is 9.48 Å². The predicted molar refractivity (Wildman–Crippen MR) is 89.3 cm³/mol. The number of aliphatic hydroxyl groups is 1. The number of carbonyl (C=O) groups excluding carboxylic acids is 1. The molecule has 1 atom stereocenters. The lowest BCUT2D eigenvalue weighted by Crippen LogP contribution is -2.32. The number of furan rings is 1. The van der Waals surface area contributed by atoms with Crippen LogP contribution < -0.4 is 10.6 Å². The van der Waals surface area contributed by atoms with Crippen molar-refractivity contribution in [2.24, 2.45) is 0 Å². The molecule has 2 heterocycles. The first-order chi connectivity index (χ1) is 11.6. The van der Waals surface area contributed by atoms with Gasteiger partial charge in [-0.3, -0.25) is 0 Å². The molecule has 2 amide bonds. The number of aromatic nitrogens is 2. The molecule has 0 aliphatic carbocycles. The Morgan fingerprint density at radius 1 is 1.38 bits per heavy atom. The summed E-state index contributed by atoms with van der Waals surface area (Å²) in [5.74, 6) is 0.391. The van der Waals surface area contributed by atoms with Crippen LogP contribution in [0.1, 0.15) is 11.9 Å². The van der Waals surface area contributed by atoms with Crippen LogP contribution in [0.15, 0.2) is 59.5 Å². The average Bonchev–Trinajstić information content (AvgIpc) is 3.26. The van der Waals surface area contributed by atoms with Crippen LogP contribution in [0.4, 0.5) is 10.5 Å². The Kier molecular flexibility index (Phi) is 4.83. The highest BCUT2D eigenvalue weighted by Crippen LogP contribution is 2.23. The normalized spacial score (nSPS) is 11.9. The fourth-order valence-corrected chi connectivity index (χ4v) is 2.40. The van der Waals surface area contributed by atoms with Crippen LogP contribution in [0.5, 0.6) is 0 Å². The van der Waals surface area contributed by atoms with Crippen molar-refractivity contribution in [1.82, 2.24) is 15.1 Å². The maximum absolute atomic E-state index is 11.9. The van der Waals surface area contributed by atoms with Crippen LogP contribution in [-0.4, -0.2) is 27.5 Å². The second kappa shape index (κ2) is 7.20. The minimum atomic E-state index is -0.906. The molecule has 2 aromatic heterocycles. The number of rotatable bonds is 5. The van der Waals surface area contributed by atoms with E-state index in [1.165, 1.54) is 6.26 Å². The number of carbonyl (C=O) groups is 1. The van der Waals surface area contributed by atoms with E-state index in [9.17, 15) is 9.90 Å². The second-order valence-corrected chi connectivity index (χ2v) is 5.39. The van der Waals surface area contributed by atoms with Gasteiger partial charge >= 0.3 is 6.03 Å². The molecule has 0 radical (unpaired) electrons. The number of nitrogens with one attached hydrogen (secondary N) is 2. The monoisotopic (exact) mass is 346 g/mol. The van der Waals surface area contributed by atoms with Gasteiger partial charge in [-0.05, 0) is 36.4 Å². The lowest BCUT2D eigenvalue weighted by molar-refractivity contribution is 0.149. The summed E-state index contributed by atoms with van der Waals surface area (Å²) >= 11 is 6.21. The molecule has 1 unspecified atom stereocenters. The van der Waals surface area contributed by atoms with Crippen molar-refractivity contribution in [2.45, 2.75) is 6.10 Å². The van der Waals surface area contributed by atoms with E-state index in [1.54, 1.807) is 53.5 Å². The first kappa shape index (κ1) is 16.1. The molecular weight excluding hydrogens is 332 g/mol. The van der Waals surface area contributed by atoms with Gasteiger partial charge in [0.25, 0.3) is 0 Å². The van der Waals surface area contributed by atoms with Crippen LogP contribution in [0.25, 0.3) is 5.69 Å². The third kappa shape index (κ3) is 3.76. The quantitative estimate of drug-likeness (QED) is 0.662. The molecule has 3 N–H and O–H groups in total. The largest absolute Gasteiger partial charge is 0.467 e. The first-order valence-electron chi connectivity index (χ1n) is 7.19. The number of amides is 2. The standard InChI is InChI=1S/C16H15ClN4O3/c17-12-9-11(4-5-13(12)21-7-2-6-19-21)20-16(23)18-10-14(22)15-3-1-8-24-15/h1-9,14,22H,10H2,(H2,18,20,23). The molecule has 124 valence electrons. The van der Waals surface area contributed by atoms with Crippen molar-refractivity contribution in [2.75, 3.05) is 11.9 Å². The highest BCUT2D eigenvalue weighted by Gasteiger charge is 2.12. The zero-order valence-corrected chi connectivity index (χ0v) is 13.3. The number of nitrogens with zero attached hydrogens (tertiary/aromatic N) is 2. The molecule has 8 heteroatoms. The van der Waals surface area contributed by atoms with Crippen molar-refractivity contribution in [3.05, 3.63) is 65.8 Å². The van der Waals surface area contributed by atoms with E-state index in [0.29, 0.717) is 22.2 Å². The minimum absolute atomic E-state index is 0.0262. The molecule has 0 spiro atoms. The van der Waals surface area contributed by atoms with Crippen LogP contribution >= 0.6 is 11.6 Å². The zero-order chi connectivity index (χ0) is 16.9. The number of benzene rings is 1. The van der Waals surface area contributed by atoms with Crippen molar-refractivity contribution in [3.8, 4) is 5.69 Å². The van der Waals surface area contributed by atoms with E-state index in [4.69, 9.17) is 16.0 Å². The number of hydrogen-bond acceptors (Lipinski definition) is 4. The Morgan fingerprint density at radius 2 is 2.25 bits per heavy atom. The number of halogens is 1. The highest BCUT2D eigenvalue weighted by atomic mass is 35.5. The number of urea groups is 1. The SMILES string of the molecule is O=C(NCC(O)c1ccco1)Nc1ccc(-n2cccn2)c(Cl)c1. The number of aliphatic hydroxyl groups excluding tert-OH is 1. The molecule has 0 saturated heterocycles. The molecule has 0 aliphatic heterocycles. The van der Waals surface area contributed by atoms with Crippen LogP contribution in [0.3, 0.4) is 0 Å². The topological polar surface area (TPSA) is 92.3 Å². The van der Waals surface area contributed by atoms with Crippen molar-refractivity contribution in [3.63, 3.8) is 0 Å². The highest BCUT2D eigenvalue weighted by molar-refractivity contribution is 6.32. The molecule has 0 fully saturated rings. The Hall–Kier alpha value is -2.77. The Bertz CT molecular complexity index is 803. The van der Waals surface area contributed by atoms with Crippen molar-refractivity contribution in [1.29, 1.82) is 0 Å².